The number of para-hydroxylation sites is 1. The van der Waals surface area contributed by atoms with Crippen molar-refractivity contribution in [3.63, 3.8) is 0 Å². The maximum Gasteiger partial charge on any atom is 0.196 e. The van der Waals surface area contributed by atoms with Crippen LogP contribution in [0.3, 0.4) is 0 Å². The summed E-state index contributed by atoms with van der Waals surface area (Å²) in [5.41, 5.74) is 6.35. The highest BCUT2D eigenvalue weighted by Crippen LogP contribution is 2.47. The summed E-state index contributed by atoms with van der Waals surface area (Å²) < 4.78 is 8.74. The molecule has 0 amide bonds. The molecule has 0 radical (unpaired) electrons. The van der Waals surface area contributed by atoms with Crippen molar-refractivity contribution in [3.8, 4) is 22.8 Å². The van der Waals surface area contributed by atoms with E-state index in [0.717, 1.165) is 55.9 Å². The lowest BCUT2D eigenvalue weighted by atomic mass is 10.1. The van der Waals surface area contributed by atoms with Gasteiger partial charge in [-0.05, 0) is 30.3 Å². The third-order valence-corrected chi connectivity index (χ3v) is 6.45. The Balaban J connectivity index is 1.44. The fraction of sp³-hybridized carbons (Fsp3) is 0.0333. The number of nitrogens with zero attached hydrogens (tertiary/aromatic N) is 2. The SMILES string of the molecule is c1ccc(-c2cccc(-n3c4ccccc4c4c5c(ccc43)NC(c3ccccc3)O5)n2)cc1. The van der Waals surface area contributed by atoms with Crippen molar-refractivity contribution in [2.75, 3.05) is 5.32 Å². The molecule has 0 fully saturated rings. The van der Waals surface area contributed by atoms with E-state index in [4.69, 9.17) is 9.72 Å². The van der Waals surface area contributed by atoms with E-state index in [-0.39, 0.29) is 6.23 Å². The number of nitrogens with one attached hydrogen (secondary N) is 1. The van der Waals surface area contributed by atoms with Crippen molar-refractivity contribution in [1.29, 1.82) is 0 Å². The fourth-order valence-electron chi connectivity index (χ4n) is 4.90. The number of aromatic nitrogens is 2. The van der Waals surface area contributed by atoms with Gasteiger partial charge in [0.05, 0.1) is 27.8 Å². The van der Waals surface area contributed by atoms with Gasteiger partial charge in [0.25, 0.3) is 0 Å². The first-order valence-electron chi connectivity index (χ1n) is 11.4. The van der Waals surface area contributed by atoms with Gasteiger partial charge >= 0.3 is 0 Å². The minimum atomic E-state index is -0.205. The highest BCUT2D eigenvalue weighted by Gasteiger charge is 2.28. The molecular formula is C30H21N3O. The summed E-state index contributed by atoms with van der Waals surface area (Å²) in [6, 6.07) is 39.5. The number of fused-ring (bicyclic) bond motifs is 5. The molecule has 4 aromatic carbocycles. The van der Waals surface area contributed by atoms with Crippen LogP contribution in [0.4, 0.5) is 5.69 Å². The predicted octanol–water partition coefficient (Wildman–Crippen LogP) is 7.35. The number of rotatable bonds is 3. The molecule has 0 bridgehead atoms. The van der Waals surface area contributed by atoms with E-state index in [1.54, 1.807) is 0 Å². The molecule has 1 N–H and O–H groups in total. The lowest BCUT2D eigenvalue weighted by Gasteiger charge is -2.11. The van der Waals surface area contributed by atoms with Gasteiger partial charge in [-0.15, -0.1) is 0 Å². The van der Waals surface area contributed by atoms with Crippen LogP contribution in [0, 0.1) is 0 Å². The molecule has 34 heavy (non-hydrogen) atoms. The predicted molar refractivity (Wildman–Crippen MR) is 137 cm³/mol. The van der Waals surface area contributed by atoms with E-state index in [9.17, 15) is 0 Å². The molecular weight excluding hydrogens is 418 g/mol. The van der Waals surface area contributed by atoms with E-state index >= 15 is 0 Å². The second kappa shape index (κ2) is 7.49. The summed E-state index contributed by atoms with van der Waals surface area (Å²) in [7, 11) is 0. The van der Waals surface area contributed by atoms with E-state index < -0.39 is 0 Å². The molecule has 0 aliphatic carbocycles. The molecule has 1 aliphatic heterocycles. The lowest BCUT2D eigenvalue weighted by molar-refractivity contribution is 0.263. The van der Waals surface area contributed by atoms with Gasteiger partial charge in [-0.1, -0.05) is 84.9 Å². The molecule has 0 spiro atoms. The molecule has 3 heterocycles. The molecule has 162 valence electrons. The Labute approximate surface area is 197 Å². The first kappa shape index (κ1) is 18.9. The van der Waals surface area contributed by atoms with Gasteiger partial charge in [0.2, 0.25) is 0 Å². The lowest BCUT2D eigenvalue weighted by Crippen LogP contribution is -2.09. The van der Waals surface area contributed by atoms with E-state index in [1.807, 2.05) is 36.4 Å². The van der Waals surface area contributed by atoms with Crippen molar-refractivity contribution >= 4 is 27.5 Å². The van der Waals surface area contributed by atoms with Crippen LogP contribution < -0.4 is 10.1 Å². The number of anilines is 1. The highest BCUT2D eigenvalue weighted by atomic mass is 16.5. The Morgan fingerprint density at radius 2 is 1.44 bits per heavy atom. The van der Waals surface area contributed by atoms with Crippen LogP contribution >= 0.6 is 0 Å². The molecule has 0 saturated heterocycles. The maximum absolute atomic E-state index is 6.51. The fourth-order valence-corrected chi connectivity index (χ4v) is 4.90. The first-order chi connectivity index (χ1) is 16.9. The zero-order valence-electron chi connectivity index (χ0n) is 18.3. The molecule has 6 aromatic rings. The number of benzene rings is 4. The van der Waals surface area contributed by atoms with Gasteiger partial charge in [-0.3, -0.25) is 4.57 Å². The Morgan fingerprint density at radius 1 is 0.676 bits per heavy atom. The van der Waals surface area contributed by atoms with Crippen LogP contribution in [0.2, 0.25) is 0 Å². The topological polar surface area (TPSA) is 39.1 Å². The molecule has 1 atom stereocenters. The van der Waals surface area contributed by atoms with E-state index in [1.165, 1.54) is 0 Å². The Hall–Kier alpha value is -4.57. The van der Waals surface area contributed by atoms with Crippen LogP contribution in [0.5, 0.6) is 5.75 Å². The molecule has 1 unspecified atom stereocenters. The molecule has 4 nitrogen and oxygen atoms in total. The first-order valence-corrected chi connectivity index (χ1v) is 11.4. The summed E-state index contributed by atoms with van der Waals surface area (Å²) in [6.07, 6.45) is -0.205. The van der Waals surface area contributed by atoms with Gasteiger partial charge in [-0.25, -0.2) is 4.98 Å². The van der Waals surface area contributed by atoms with Crippen molar-refractivity contribution in [2.45, 2.75) is 6.23 Å². The summed E-state index contributed by atoms with van der Waals surface area (Å²) >= 11 is 0. The maximum atomic E-state index is 6.51. The molecule has 2 aromatic heterocycles. The van der Waals surface area contributed by atoms with Crippen LogP contribution in [0.1, 0.15) is 11.8 Å². The van der Waals surface area contributed by atoms with Gasteiger partial charge < -0.3 is 10.1 Å². The second-order valence-corrected chi connectivity index (χ2v) is 8.49. The Bertz CT molecular complexity index is 1660. The number of hydrogen-bond acceptors (Lipinski definition) is 3. The minimum absolute atomic E-state index is 0.205. The molecule has 4 heteroatoms. The van der Waals surface area contributed by atoms with Crippen molar-refractivity contribution in [3.05, 3.63) is 121 Å². The Morgan fingerprint density at radius 3 is 2.29 bits per heavy atom. The summed E-state index contributed by atoms with van der Waals surface area (Å²) in [5.74, 6) is 1.78. The average Bonchev–Trinajstić information content (AvgIpc) is 3.49. The minimum Gasteiger partial charge on any atom is -0.464 e. The summed E-state index contributed by atoms with van der Waals surface area (Å²) in [4.78, 5) is 5.05. The molecule has 7 rings (SSSR count). The Kier molecular flexibility index (Phi) is 4.18. The van der Waals surface area contributed by atoms with Crippen LogP contribution in [0.15, 0.2) is 115 Å². The monoisotopic (exact) mass is 439 g/mol. The van der Waals surface area contributed by atoms with Gasteiger partial charge in [-0.2, -0.15) is 0 Å². The van der Waals surface area contributed by atoms with E-state index in [2.05, 4.69) is 88.7 Å². The third-order valence-electron chi connectivity index (χ3n) is 6.45. The number of pyridine rings is 1. The molecule has 1 aliphatic rings. The number of ether oxygens (including phenoxy) is 1. The highest BCUT2D eigenvalue weighted by molar-refractivity contribution is 6.14. The van der Waals surface area contributed by atoms with Crippen molar-refractivity contribution in [2.24, 2.45) is 0 Å². The van der Waals surface area contributed by atoms with Gasteiger partial charge in [0, 0.05) is 16.5 Å². The standard InChI is InChI=1S/C30H21N3O/c1-3-10-20(11-4-1)23-15-9-17-27(31-23)33-25-16-8-7-14-22(25)28-26(33)19-18-24-29(28)34-30(32-24)21-12-5-2-6-13-21/h1-19,30,32H. The molecule has 0 saturated carbocycles. The quantitative estimate of drug-likeness (QED) is 0.313. The zero-order chi connectivity index (χ0) is 22.5. The van der Waals surface area contributed by atoms with E-state index in [0.29, 0.717) is 0 Å². The third kappa shape index (κ3) is 2.89. The smallest absolute Gasteiger partial charge is 0.196 e. The number of hydrogen-bond donors (Lipinski definition) is 1. The summed E-state index contributed by atoms with van der Waals surface area (Å²) in [5, 5.41) is 5.79. The van der Waals surface area contributed by atoms with Crippen molar-refractivity contribution in [1.82, 2.24) is 9.55 Å². The summed E-state index contributed by atoms with van der Waals surface area (Å²) in [6.45, 7) is 0. The normalized spacial score (nSPS) is 14.6. The van der Waals surface area contributed by atoms with Gasteiger partial charge in [0.1, 0.15) is 5.82 Å². The van der Waals surface area contributed by atoms with Crippen LogP contribution in [0.25, 0.3) is 38.9 Å². The van der Waals surface area contributed by atoms with Crippen LogP contribution in [-0.4, -0.2) is 9.55 Å². The largest absolute Gasteiger partial charge is 0.464 e. The van der Waals surface area contributed by atoms with Gasteiger partial charge in [0.15, 0.2) is 12.0 Å². The second-order valence-electron chi connectivity index (χ2n) is 8.49. The van der Waals surface area contributed by atoms with Crippen molar-refractivity contribution < 1.29 is 4.74 Å². The average molecular weight is 440 g/mol. The van der Waals surface area contributed by atoms with Crippen LogP contribution in [-0.2, 0) is 0 Å². The zero-order valence-corrected chi connectivity index (χ0v) is 18.3.